The first-order valence-corrected chi connectivity index (χ1v) is 42.4. The lowest BCUT2D eigenvalue weighted by molar-refractivity contribution is 0.0600. The summed E-state index contributed by atoms with van der Waals surface area (Å²) in [5.41, 5.74) is 20.1. The van der Waals surface area contributed by atoms with Gasteiger partial charge in [0.05, 0.1) is 53.6 Å². The molecule has 632 valence electrons. The number of ether oxygens (including phenoxy) is 5. The average molecular weight is 1590 g/mol. The highest BCUT2D eigenvalue weighted by Crippen LogP contribution is 2.27. The van der Waals surface area contributed by atoms with Crippen molar-refractivity contribution < 1.29 is 33.3 Å². The van der Waals surface area contributed by atoms with E-state index in [0.29, 0.717) is 71.2 Å². The molecule has 117 heavy (non-hydrogen) atoms. The molecule has 1 heterocycles. The van der Waals surface area contributed by atoms with Gasteiger partial charge in [-0.15, -0.1) is 0 Å². The third kappa shape index (κ3) is 42.6. The van der Waals surface area contributed by atoms with Gasteiger partial charge in [-0.2, -0.15) is 5.26 Å². The lowest BCUT2D eigenvalue weighted by Gasteiger charge is -2.26. The second kappa shape index (κ2) is 57.9. The number of hydrogen-bond donors (Lipinski definition) is 0. The Morgan fingerprint density at radius 2 is 0.667 bits per heavy atom. The van der Waals surface area contributed by atoms with E-state index in [0.717, 1.165) is 40.7 Å². The summed E-state index contributed by atoms with van der Waals surface area (Å²) in [6, 6.07) is 84.9. The van der Waals surface area contributed by atoms with Crippen LogP contribution >= 0.6 is 0 Å². The summed E-state index contributed by atoms with van der Waals surface area (Å²) in [7, 11) is 8.16. The predicted octanol–water partition coefficient (Wildman–Crippen LogP) is 29.8. The minimum absolute atomic E-state index is 0.130. The maximum absolute atomic E-state index is 11.1. The van der Waals surface area contributed by atoms with Crippen molar-refractivity contribution in [3.05, 3.63) is 332 Å². The number of aryl methyl sites for hydroxylation is 2. The zero-order chi connectivity index (χ0) is 87.5. The molecule has 9 heteroatoms. The van der Waals surface area contributed by atoms with Crippen molar-refractivity contribution >= 4 is 11.8 Å². The molecule has 0 saturated carbocycles. The van der Waals surface area contributed by atoms with Crippen molar-refractivity contribution in [2.24, 2.45) is 0 Å². The molecule has 10 aromatic rings. The molecule has 0 aromatic heterocycles. The molecule has 1 aliphatic rings. The first kappa shape index (κ1) is 103. The number of methoxy groups -OCH3 is 5. The Bertz CT molecular complexity index is 4190. The van der Waals surface area contributed by atoms with Crippen LogP contribution in [0.15, 0.2) is 243 Å². The zero-order valence-electron chi connectivity index (χ0n) is 77.1. The van der Waals surface area contributed by atoms with Crippen LogP contribution in [-0.4, -0.2) is 65.3 Å². The monoisotopic (exact) mass is 1590 g/mol. The number of ketones is 1. The number of esters is 1. The smallest absolute Gasteiger partial charge is 0.337 e. The molecule has 1 fully saturated rings. The van der Waals surface area contributed by atoms with Crippen LogP contribution in [0.2, 0.25) is 0 Å². The second-order valence-corrected chi connectivity index (χ2v) is 32.9. The Kier molecular flexibility index (Phi) is 51.0. The second-order valence-electron chi connectivity index (χ2n) is 32.9. The van der Waals surface area contributed by atoms with Gasteiger partial charge in [0.25, 0.3) is 0 Å². The van der Waals surface area contributed by atoms with Gasteiger partial charge in [0.1, 0.15) is 23.0 Å². The van der Waals surface area contributed by atoms with Crippen LogP contribution < -0.4 is 18.9 Å². The van der Waals surface area contributed by atoms with Gasteiger partial charge in [-0.3, -0.25) is 9.69 Å². The number of para-hydroxylation sites is 1. The standard InChI is InChI=1S/C15H23N.C11H13N.C11H14O2.C11H14O.4C10H14O.2C10H14/c1-13(2)15-8-6-14(7-9-15)12-16-10-4-3-5-11-16;1-9(2)11-5-3-4-10(8-11)6-7-12;1-8(2)9-4-6-10(7-5-9)11(12)13-3;1-8(2)10-4-6-11(7-5-10)9(3)12;2*1-8(2)9-4-6-10(11-3)7-5-9;1-8(2)9-5-4-6-10(7-9)11-3;1-8(2)9-6-4-5-7-10(9)11-3;2*1-8(2)10-6-4-9(3)5-7-10/h6-9,13H,3-5,10-12H2,1-2H3;3-5,8-9H,6H2,1-2H3;4-8H,1-3H3;4-8H,1-3H3;4*4-8H,1-3H3;2*4-8H,1-3H3. The van der Waals surface area contributed by atoms with Gasteiger partial charge in [0, 0.05) is 12.1 Å². The molecule has 9 nitrogen and oxygen atoms in total. The van der Waals surface area contributed by atoms with E-state index in [1.807, 2.05) is 103 Å². The van der Waals surface area contributed by atoms with E-state index < -0.39 is 0 Å². The van der Waals surface area contributed by atoms with Crippen LogP contribution in [0.4, 0.5) is 0 Å². The number of nitrogens with zero attached hydrogens (tertiary/aromatic N) is 2. The lowest BCUT2D eigenvalue weighted by Crippen LogP contribution is -2.29. The van der Waals surface area contributed by atoms with Gasteiger partial charge < -0.3 is 23.7 Å². The number of Topliss-reactive ketones (excluding diaryl/α,β-unsaturated/α-hetero) is 1. The van der Waals surface area contributed by atoms with Gasteiger partial charge in [-0.05, 0) is 227 Å². The molecule has 0 spiro atoms. The predicted molar refractivity (Wildman–Crippen MR) is 501 cm³/mol. The summed E-state index contributed by atoms with van der Waals surface area (Å²) in [5.74, 6) is 9.45. The average Bonchev–Trinajstić information content (AvgIpc) is 0.779. The summed E-state index contributed by atoms with van der Waals surface area (Å²) < 4.78 is 25.0. The highest BCUT2D eigenvalue weighted by Gasteiger charge is 2.12. The van der Waals surface area contributed by atoms with Gasteiger partial charge in [0.15, 0.2) is 5.78 Å². The Labute approximate surface area is 711 Å². The topological polar surface area (TPSA) is 107 Å². The van der Waals surface area contributed by atoms with E-state index in [9.17, 15) is 9.59 Å². The third-order valence-electron chi connectivity index (χ3n) is 20.0. The molecule has 0 bridgehead atoms. The molecule has 0 unspecified atom stereocenters. The molecule has 0 N–H and O–H groups in total. The molecule has 0 radical (unpaired) electrons. The van der Waals surface area contributed by atoms with Crippen LogP contribution in [0.1, 0.15) is 322 Å². The molecule has 1 aliphatic heterocycles. The molecule has 11 rings (SSSR count). The number of carbonyl (C=O) groups excluding carboxylic acids is 2. The van der Waals surface area contributed by atoms with Crippen molar-refractivity contribution in [2.45, 2.75) is 251 Å². The third-order valence-corrected chi connectivity index (χ3v) is 20.0. The zero-order valence-corrected chi connectivity index (χ0v) is 77.1. The summed E-state index contributed by atoms with van der Waals surface area (Å²) in [6.07, 6.45) is 4.69. The molecule has 0 aliphatic carbocycles. The van der Waals surface area contributed by atoms with Crippen LogP contribution in [0.5, 0.6) is 23.0 Å². The highest BCUT2D eigenvalue weighted by molar-refractivity contribution is 5.94. The number of hydrogen-bond acceptors (Lipinski definition) is 9. The van der Waals surface area contributed by atoms with E-state index in [1.54, 1.807) is 47.5 Å². The molecule has 0 amide bonds. The Morgan fingerprint density at radius 1 is 0.333 bits per heavy atom. The quantitative estimate of drug-likeness (QED) is 0.0578. The SMILES string of the molecule is CC(=O)c1ccc(C(C)C)cc1.CC(C)c1ccc(CN2CCCCC2)cc1.CC(C)c1cccc(CC#N)c1.COC(=O)c1ccc(C(C)C)cc1.COc1ccc(C(C)C)cc1.COc1ccc(C(C)C)cc1.COc1cccc(C(C)C)c1.COc1ccccc1C(C)C.Cc1ccc(C(C)C)cc1.Cc1ccc(C(C)C)cc1. The Balaban J connectivity index is 0.000000442. The normalized spacial score (nSPS) is 11.3. The maximum Gasteiger partial charge on any atom is 0.337 e. The maximum atomic E-state index is 11.1. The van der Waals surface area contributed by atoms with E-state index in [2.05, 4.69) is 295 Å². The van der Waals surface area contributed by atoms with Crippen LogP contribution in [0.25, 0.3) is 0 Å². The number of nitriles is 1. The van der Waals surface area contributed by atoms with Crippen molar-refractivity contribution in [1.82, 2.24) is 4.90 Å². The van der Waals surface area contributed by atoms with Crippen molar-refractivity contribution in [1.29, 1.82) is 5.26 Å². The van der Waals surface area contributed by atoms with Gasteiger partial charge in [-0.1, -0.05) is 344 Å². The minimum Gasteiger partial charge on any atom is -0.497 e. The lowest BCUT2D eigenvalue weighted by atomic mass is 10.0. The van der Waals surface area contributed by atoms with E-state index >= 15 is 0 Å². The fraction of sp³-hybridized carbons (Fsp3) is 0.417. The Hall–Kier alpha value is -10.0. The highest BCUT2D eigenvalue weighted by atomic mass is 16.5. The van der Waals surface area contributed by atoms with Crippen molar-refractivity contribution in [3.63, 3.8) is 0 Å². The van der Waals surface area contributed by atoms with E-state index in [1.165, 1.54) is 112 Å². The molecular weight excluding hydrogens is 1440 g/mol. The summed E-state index contributed by atoms with van der Waals surface area (Å²) in [6.45, 7) is 53.1. The Morgan fingerprint density at radius 3 is 0.991 bits per heavy atom. The fourth-order valence-electron chi connectivity index (χ4n) is 11.8. The van der Waals surface area contributed by atoms with Crippen molar-refractivity contribution in [2.75, 3.05) is 48.6 Å². The molecule has 10 aromatic carbocycles. The molecule has 1 saturated heterocycles. The largest absolute Gasteiger partial charge is 0.497 e. The van der Waals surface area contributed by atoms with Gasteiger partial charge in [0.2, 0.25) is 0 Å². The van der Waals surface area contributed by atoms with E-state index in [4.69, 9.17) is 24.2 Å². The van der Waals surface area contributed by atoms with Crippen LogP contribution in [-0.2, 0) is 17.7 Å². The number of rotatable bonds is 19. The number of likely N-dealkylation sites (tertiary alicyclic amines) is 1. The first-order valence-electron chi connectivity index (χ1n) is 42.4. The first-order chi connectivity index (χ1) is 55.6. The summed E-state index contributed by atoms with van der Waals surface area (Å²) >= 11 is 0. The number of carbonyl (C=O) groups is 2. The van der Waals surface area contributed by atoms with E-state index in [-0.39, 0.29) is 11.8 Å². The fourth-order valence-corrected chi connectivity index (χ4v) is 11.8. The summed E-state index contributed by atoms with van der Waals surface area (Å²) in [5, 5.41) is 8.50. The number of piperidine rings is 1. The van der Waals surface area contributed by atoms with Gasteiger partial charge >= 0.3 is 5.97 Å². The van der Waals surface area contributed by atoms with Crippen molar-refractivity contribution in [3.8, 4) is 29.1 Å². The van der Waals surface area contributed by atoms with Gasteiger partial charge in [-0.25, -0.2) is 4.79 Å². The number of benzene rings is 10. The minimum atomic E-state index is -0.282. The summed E-state index contributed by atoms with van der Waals surface area (Å²) in [4.78, 5) is 24.6. The van der Waals surface area contributed by atoms with Crippen LogP contribution in [0, 0.1) is 25.2 Å². The molecule has 0 atom stereocenters. The van der Waals surface area contributed by atoms with Crippen LogP contribution in [0.3, 0.4) is 0 Å². The molecular formula is C108H148N2O7.